The van der Waals surface area contributed by atoms with Crippen LogP contribution in [0.25, 0.3) is 0 Å². The van der Waals surface area contributed by atoms with Gasteiger partial charge in [0, 0.05) is 25.7 Å². The highest BCUT2D eigenvalue weighted by atomic mass is 16.6. The van der Waals surface area contributed by atoms with Gasteiger partial charge in [0.2, 0.25) is 5.91 Å². The summed E-state index contributed by atoms with van der Waals surface area (Å²) in [6.45, 7) is 6.85. The number of rotatable bonds is 3. The average Bonchev–Trinajstić information content (AvgIpc) is 3.16. The molecule has 0 saturated carbocycles. The monoisotopic (exact) mass is 363 g/mol. The van der Waals surface area contributed by atoms with E-state index >= 15 is 0 Å². The molecule has 2 atom stereocenters. The molecule has 9 nitrogen and oxygen atoms in total. The molecule has 0 aliphatic carbocycles. The van der Waals surface area contributed by atoms with E-state index in [-0.39, 0.29) is 23.8 Å². The van der Waals surface area contributed by atoms with Crippen molar-refractivity contribution < 1.29 is 19.1 Å². The summed E-state index contributed by atoms with van der Waals surface area (Å²) in [5, 5.41) is 10.5. The molecule has 142 valence electrons. The molecule has 2 saturated heterocycles. The van der Waals surface area contributed by atoms with Crippen molar-refractivity contribution in [2.45, 2.75) is 58.1 Å². The Bertz CT molecular complexity index is 708. The topological polar surface area (TPSA) is 106 Å². The van der Waals surface area contributed by atoms with Gasteiger partial charge in [0.25, 0.3) is 5.91 Å². The van der Waals surface area contributed by atoms with Gasteiger partial charge in [0.1, 0.15) is 11.6 Å². The minimum absolute atomic E-state index is 0.250. The molecular formula is C17H25N5O4. The Hall–Kier alpha value is -2.45. The van der Waals surface area contributed by atoms with E-state index in [1.807, 2.05) is 20.8 Å². The van der Waals surface area contributed by atoms with Crippen LogP contribution in [0, 0.1) is 5.92 Å². The molecule has 2 fully saturated rings. The highest BCUT2D eigenvalue weighted by Crippen LogP contribution is 2.23. The highest BCUT2D eigenvalue weighted by molar-refractivity contribution is 5.99. The number of carbonyl (C=O) groups excluding carboxylic acids is 3. The number of ether oxygens (including phenoxy) is 1. The standard InChI is InChI=1S/C17H25N5O4/c1-17(2,3)26-16(25)21-7-6-11(9-21)8-12-10-22(20-19-12)13-4-5-14(23)18-15(13)24/h10-11,13H,4-9H2,1-3H3,(H,18,23,24). The fourth-order valence-electron chi connectivity index (χ4n) is 3.28. The van der Waals surface area contributed by atoms with Crippen molar-refractivity contribution in [3.05, 3.63) is 11.9 Å². The van der Waals surface area contributed by atoms with E-state index in [4.69, 9.17) is 4.74 Å². The van der Waals surface area contributed by atoms with E-state index in [1.165, 1.54) is 4.68 Å². The lowest BCUT2D eigenvalue weighted by Gasteiger charge is -2.24. The van der Waals surface area contributed by atoms with Gasteiger partial charge in [-0.3, -0.25) is 14.9 Å². The van der Waals surface area contributed by atoms with Crippen LogP contribution < -0.4 is 5.32 Å². The number of aromatic nitrogens is 3. The third-order valence-electron chi connectivity index (χ3n) is 4.52. The molecule has 1 N–H and O–H groups in total. The summed E-state index contributed by atoms with van der Waals surface area (Å²) in [7, 11) is 0. The lowest BCUT2D eigenvalue weighted by Crippen LogP contribution is -2.41. The normalized spacial score (nSPS) is 23.9. The average molecular weight is 363 g/mol. The van der Waals surface area contributed by atoms with Crippen molar-refractivity contribution in [2.24, 2.45) is 5.92 Å². The molecule has 2 aliphatic rings. The number of carbonyl (C=O) groups is 3. The van der Waals surface area contributed by atoms with Crippen molar-refractivity contribution in [1.29, 1.82) is 0 Å². The number of likely N-dealkylation sites (tertiary alicyclic amines) is 1. The number of imide groups is 1. The summed E-state index contributed by atoms with van der Waals surface area (Å²) < 4.78 is 6.93. The Labute approximate surface area is 152 Å². The second-order valence-electron chi connectivity index (χ2n) is 7.94. The first-order valence-corrected chi connectivity index (χ1v) is 8.93. The Morgan fingerprint density at radius 1 is 1.35 bits per heavy atom. The van der Waals surface area contributed by atoms with Gasteiger partial charge >= 0.3 is 6.09 Å². The van der Waals surface area contributed by atoms with Crippen molar-refractivity contribution in [3.63, 3.8) is 0 Å². The first-order valence-electron chi connectivity index (χ1n) is 8.93. The fraction of sp³-hybridized carbons (Fsp3) is 0.706. The van der Waals surface area contributed by atoms with Crippen LogP contribution in [0.1, 0.15) is 51.8 Å². The molecule has 9 heteroatoms. The number of hydrogen-bond donors (Lipinski definition) is 1. The van der Waals surface area contributed by atoms with E-state index in [9.17, 15) is 14.4 Å². The maximum Gasteiger partial charge on any atom is 0.410 e. The van der Waals surface area contributed by atoms with Crippen LogP contribution in [0.3, 0.4) is 0 Å². The molecule has 3 amide bonds. The van der Waals surface area contributed by atoms with Crippen LogP contribution in [0.5, 0.6) is 0 Å². The molecule has 1 aromatic rings. The second-order valence-corrected chi connectivity index (χ2v) is 7.94. The molecule has 0 spiro atoms. The molecule has 0 aromatic carbocycles. The van der Waals surface area contributed by atoms with E-state index in [2.05, 4.69) is 15.6 Å². The summed E-state index contributed by atoms with van der Waals surface area (Å²) in [4.78, 5) is 37.0. The van der Waals surface area contributed by atoms with E-state index in [0.29, 0.717) is 32.4 Å². The summed E-state index contributed by atoms with van der Waals surface area (Å²) in [5.74, 6) is -0.302. The van der Waals surface area contributed by atoms with E-state index in [1.54, 1.807) is 11.1 Å². The maximum atomic E-state index is 12.1. The number of piperidine rings is 1. The second kappa shape index (κ2) is 7.05. The van der Waals surface area contributed by atoms with Gasteiger partial charge in [-0.2, -0.15) is 0 Å². The molecule has 0 radical (unpaired) electrons. The first kappa shape index (κ1) is 18.3. The third-order valence-corrected chi connectivity index (χ3v) is 4.52. The summed E-state index contributed by atoms with van der Waals surface area (Å²) >= 11 is 0. The summed E-state index contributed by atoms with van der Waals surface area (Å²) in [6.07, 6.45) is 3.78. The van der Waals surface area contributed by atoms with Crippen LogP contribution in [-0.2, 0) is 20.7 Å². The van der Waals surface area contributed by atoms with Crippen molar-refractivity contribution >= 4 is 17.9 Å². The minimum Gasteiger partial charge on any atom is -0.444 e. The summed E-state index contributed by atoms with van der Waals surface area (Å²) in [5.41, 5.74) is 0.283. The largest absolute Gasteiger partial charge is 0.444 e. The number of nitrogens with zero attached hydrogens (tertiary/aromatic N) is 4. The fourth-order valence-corrected chi connectivity index (χ4v) is 3.28. The molecule has 0 bridgehead atoms. The first-order chi connectivity index (χ1) is 12.2. The van der Waals surface area contributed by atoms with Gasteiger partial charge in [-0.15, -0.1) is 5.10 Å². The molecule has 26 heavy (non-hydrogen) atoms. The van der Waals surface area contributed by atoms with Gasteiger partial charge in [0.15, 0.2) is 0 Å². The zero-order chi connectivity index (χ0) is 18.9. The quantitative estimate of drug-likeness (QED) is 0.805. The molecular weight excluding hydrogens is 338 g/mol. The maximum absolute atomic E-state index is 12.1. The Morgan fingerprint density at radius 2 is 2.12 bits per heavy atom. The number of amides is 3. The third kappa shape index (κ3) is 4.39. The predicted octanol–water partition coefficient (Wildman–Crippen LogP) is 1.06. The van der Waals surface area contributed by atoms with Gasteiger partial charge < -0.3 is 9.64 Å². The van der Waals surface area contributed by atoms with Gasteiger partial charge in [0.05, 0.1) is 5.69 Å². The SMILES string of the molecule is CC(C)(C)OC(=O)N1CCC(Cc2cn(C3CCC(=O)NC3=O)nn2)C1. The number of nitrogens with one attached hydrogen (secondary N) is 1. The molecule has 1 aromatic heterocycles. The van der Waals surface area contributed by atoms with E-state index < -0.39 is 11.6 Å². The summed E-state index contributed by atoms with van der Waals surface area (Å²) in [6, 6.07) is -0.490. The lowest BCUT2D eigenvalue weighted by molar-refractivity contribution is -0.136. The van der Waals surface area contributed by atoms with Crippen molar-refractivity contribution in [3.8, 4) is 0 Å². The van der Waals surface area contributed by atoms with Crippen molar-refractivity contribution in [1.82, 2.24) is 25.2 Å². The van der Waals surface area contributed by atoms with Crippen LogP contribution >= 0.6 is 0 Å². The molecule has 3 rings (SSSR count). The van der Waals surface area contributed by atoms with Crippen LogP contribution in [0.4, 0.5) is 4.79 Å². The van der Waals surface area contributed by atoms with Crippen molar-refractivity contribution in [2.75, 3.05) is 13.1 Å². The van der Waals surface area contributed by atoms with Gasteiger partial charge in [-0.05, 0) is 46.0 Å². The van der Waals surface area contributed by atoms with Crippen LogP contribution in [0.15, 0.2) is 6.20 Å². The smallest absolute Gasteiger partial charge is 0.410 e. The zero-order valence-electron chi connectivity index (χ0n) is 15.4. The molecule has 2 aliphatic heterocycles. The molecule has 3 heterocycles. The Balaban J connectivity index is 1.54. The van der Waals surface area contributed by atoms with Crippen LogP contribution in [-0.4, -0.2) is 56.5 Å². The van der Waals surface area contributed by atoms with Gasteiger partial charge in [-0.25, -0.2) is 9.48 Å². The highest BCUT2D eigenvalue weighted by Gasteiger charge is 2.32. The zero-order valence-corrected chi connectivity index (χ0v) is 15.4. The molecule has 2 unspecified atom stereocenters. The van der Waals surface area contributed by atoms with E-state index in [0.717, 1.165) is 12.1 Å². The van der Waals surface area contributed by atoms with Crippen LogP contribution in [0.2, 0.25) is 0 Å². The minimum atomic E-state index is -0.500. The Kier molecular flexibility index (Phi) is 4.97. The Morgan fingerprint density at radius 3 is 2.81 bits per heavy atom. The number of hydrogen-bond acceptors (Lipinski definition) is 6. The van der Waals surface area contributed by atoms with Gasteiger partial charge in [-0.1, -0.05) is 5.21 Å². The lowest BCUT2D eigenvalue weighted by atomic mass is 10.0. The predicted molar refractivity (Wildman–Crippen MR) is 91.1 cm³/mol.